The maximum Gasteiger partial charge on any atom is 0.0584 e. The van der Waals surface area contributed by atoms with E-state index in [-0.39, 0.29) is 5.41 Å². The van der Waals surface area contributed by atoms with Gasteiger partial charge in [-0.2, -0.15) is 0 Å². The normalized spacial score (nSPS) is 17.1. The molecule has 0 atom stereocenters. The van der Waals surface area contributed by atoms with E-state index in [9.17, 15) is 0 Å². The van der Waals surface area contributed by atoms with E-state index in [0.717, 1.165) is 6.42 Å². The molecule has 1 aromatic rings. The predicted octanol–water partition coefficient (Wildman–Crippen LogP) is 2.63. The van der Waals surface area contributed by atoms with Crippen molar-refractivity contribution in [1.29, 1.82) is 0 Å². The van der Waals surface area contributed by atoms with Crippen LogP contribution in [0, 0.1) is 0 Å². The lowest BCUT2D eigenvalue weighted by molar-refractivity contribution is 0.0598. The van der Waals surface area contributed by atoms with Gasteiger partial charge in [-0.25, -0.2) is 0 Å². The lowest BCUT2D eigenvalue weighted by Gasteiger charge is -2.35. The molecule has 86 valence electrons. The number of rotatable bonds is 4. The van der Waals surface area contributed by atoms with Gasteiger partial charge in [-0.05, 0) is 17.5 Å². The summed E-state index contributed by atoms with van der Waals surface area (Å²) in [6, 6.07) is 8.47. The van der Waals surface area contributed by atoms with Crippen molar-refractivity contribution in [2.45, 2.75) is 11.8 Å². The second-order valence-corrected chi connectivity index (χ2v) is 4.34. The molecule has 1 aromatic carbocycles. The molecule has 0 saturated heterocycles. The lowest BCUT2D eigenvalue weighted by atomic mass is 9.74. The maximum atomic E-state index is 5.38. The Kier molecular flexibility index (Phi) is 3.42. The van der Waals surface area contributed by atoms with Crippen LogP contribution in [0.1, 0.15) is 17.5 Å². The molecule has 0 heterocycles. The Hall–Kier alpha value is -1.12. The Morgan fingerprint density at radius 3 is 2.50 bits per heavy atom. The second-order valence-electron chi connectivity index (χ2n) is 4.34. The third-order valence-electron chi connectivity index (χ3n) is 3.18. The third kappa shape index (κ3) is 1.91. The van der Waals surface area contributed by atoms with Gasteiger partial charge in [-0.3, -0.25) is 0 Å². The first-order chi connectivity index (χ1) is 7.82. The van der Waals surface area contributed by atoms with Crippen LogP contribution in [0.3, 0.4) is 0 Å². The highest BCUT2D eigenvalue weighted by Crippen LogP contribution is 2.36. The molecule has 1 aliphatic rings. The van der Waals surface area contributed by atoms with E-state index < -0.39 is 0 Å². The first-order valence-electron chi connectivity index (χ1n) is 5.56. The number of allylic oxidation sites excluding steroid dienone is 1. The van der Waals surface area contributed by atoms with Gasteiger partial charge in [0.25, 0.3) is 0 Å². The molecule has 0 aromatic heterocycles. The molecular weight excluding hydrogens is 200 g/mol. The Balaban J connectivity index is 2.43. The summed E-state index contributed by atoms with van der Waals surface area (Å²) in [7, 11) is 3.50. The molecule has 16 heavy (non-hydrogen) atoms. The van der Waals surface area contributed by atoms with Crippen molar-refractivity contribution in [3.63, 3.8) is 0 Å². The molecule has 0 unspecified atom stereocenters. The minimum absolute atomic E-state index is 0.0190. The first kappa shape index (κ1) is 11.4. The van der Waals surface area contributed by atoms with Crippen LogP contribution in [0.25, 0.3) is 6.08 Å². The predicted molar refractivity (Wildman–Crippen MR) is 65.5 cm³/mol. The van der Waals surface area contributed by atoms with E-state index in [0.29, 0.717) is 13.2 Å². The average Bonchev–Trinajstić information content (AvgIpc) is 2.30. The molecule has 0 radical (unpaired) electrons. The van der Waals surface area contributed by atoms with E-state index in [2.05, 4.69) is 36.4 Å². The Bertz CT molecular complexity index is 376. The highest BCUT2D eigenvalue weighted by molar-refractivity contribution is 5.59. The molecule has 1 aliphatic carbocycles. The molecule has 0 spiro atoms. The Labute approximate surface area is 96.9 Å². The van der Waals surface area contributed by atoms with Crippen molar-refractivity contribution < 1.29 is 9.47 Å². The monoisotopic (exact) mass is 218 g/mol. The smallest absolute Gasteiger partial charge is 0.0584 e. The SMILES string of the molecule is COCC1(COC)CC=Cc2ccccc21. The lowest BCUT2D eigenvalue weighted by Crippen LogP contribution is -2.37. The fourth-order valence-electron chi connectivity index (χ4n) is 2.51. The van der Waals surface area contributed by atoms with Crippen LogP contribution in [0.15, 0.2) is 30.3 Å². The summed E-state index contributed by atoms with van der Waals surface area (Å²) in [5.41, 5.74) is 2.60. The molecule has 0 amide bonds. The van der Waals surface area contributed by atoms with E-state index in [1.54, 1.807) is 14.2 Å². The van der Waals surface area contributed by atoms with Crippen LogP contribution >= 0.6 is 0 Å². The number of hydrogen-bond acceptors (Lipinski definition) is 2. The number of benzene rings is 1. The summed E-state index contributed by atoms with van der Waals surface area (Å²) in [6.07, 6.45) is 5.37. The Morgan fingerprint density at radius 2 is 1.81 bits per heavy atom. The molecule has 2 heteroatoms. The fourth-order valence-corrected chi connectivity index (χ4v) is 2.51. The number of methoxy groups -OCH3 is 2. The van der Waals surface area contributed by atoms with Crippen LogP contribution in [-0.4, -0.2) is 27.4 Å². The van der Waals surface area contributed by atoms with Gasteiger partial charge in [0.2, 0.25) is 0 Å². The van der Waals surface area contributed by atoms with Gasteiger partial charge in [0.05, 0.1) is 13.2 Å². The largest absolute Gasteiger partial charge is 0.384 e. The third-order valence-corrected chi connectivity index (χ3v) is 3.18. The van der Waals surface area contributed by atoms with Gasteiger partial charge in [-0.1, -0.05) is 36.4 Å². The van der Waals surface area contributed by atoms with Crippen molar-refractivity contribution in [2.24, 2.45) is 0 Å². The zero-order valence-corrected chi connectivity index (χ0v) is 9.90. The van der Waals surface area contributed by atoms with Crippen molar-refractivity contribution >= 4 is 6.08 Å². The zero-order valence-electron chi connectivity index (χ0n) is 9.90. The van der Waals surface area contributed by atoms with Crippen LogP contribution < -0.4 is 0 Å². The summed E-state index contributed by atoms with van der Waals surface area (Å²) in [5.74, 6) is 0. The second kappa shape index (κ2) is 4.81. The summed E-state index contributed by atoms with van der Waals surface area (Å²) >= 11 is 0. The van der Waals surface area contributed by atoms with Gasteiger partial charge in [0, 0.05) is 19.6 Å². The van der Waals surface area contributed by atoms with Crippen LogP contribution in [-0.2, 0) is 14.9 Å². The molecular formula is C14H18O2. The molecule has 2 nitrogen and oxygen atoms in total. The van der Waals surface area contributed by atoms with Gasteiger partial charge < -0.3 is 9.47 Å². The summed E-state index contributed by atoms with van der Waals surface area (Å²) in [4.78, 5) is 0. The van der Waals surface area contributed by atoms with E-state index >= 15 is 0 Å². The standard InChI is InChI=1S/C14H18O2/c1-15-10-14(11-16-2)9-5-7-12-6-3-4-8-13(12)14/h3-8H,9-11H2,1-2H3. The highest BCUT2D eigenvalue weighted by Gasteiger charge is 2.34. The van der Waals surface area contributed by atoms with Crippen molar-refractivity contribution in [3.05, 3.63) is 41.5 Å². The van der Waals surface area contributed by atoms with Crippen LogP contribution in [0.5, 0.6) is 0 Å². The van der Waals surface area contributed by atoms with E-state index in [4.69, 9.17) is 9.47 Å². The van der Waals surface area contributed by atoms with E-state index in [1.165, 1.54) is 11.1 Å². The minimum Gasteiger partial charge on any atom is -0.384 e. The van der Waals surface area contributed by atoms with Gasteiger partial charge in [0.1, 0.15) is 0 Å². The van der Waals surface area contributed by atoms with E-state index in [1.807, 2.05) is 0 Å². The van der Waals surface area contributed by atoms with Crippen LogP contribution in [0.4, 0.5) is 0 Å². The number of fused-ring (bicyclic) bond motifs is 1. The van der Waals surface area contributed by atoms with Crippen LogP contribution in [0.2, 0.25) is 0 Å². The zero-order chi connectivity index (χ0) is 11.4. The van der Waals surface area contributed by atoms with Gasteiger partial charge in [-0.15, -0.1) is 0 Å². The quantitative estimate of drug-likeness (QED) is 0.773. The summed E-state index contributed by atoms with van der Waals surface area (Å²) < 4.78 is 10.8. The molecule has 2 rings (SSSR count). The van der Waals surface area contributed by atoms with Gasteiger partial charge in [0.15, 0.2) is 0 Å². The van der Waals surface area contributed by atoms with Crippen molar-refractivity contribution in [1.82, 2.24) is 0 Å². The first-order valence-corrected chi connectivity index (χ1v) is 5.56. The number of ether oxygens (including phenoxy) is 2. The summed E-state index contributed by atoms with van der Waals surface area (Å²) in [6.45, 7) is 1.39. The van der Waals surface area contributed by atoms with Crippen molar-refractivity contribution in [3.8, 4) is 0 Å². The molecule has 0 saturated carbocycles. The average molecular weight is 218 g/mol. The summed E-state index contributed by atoms with van der Waals surface area (Å²) in [5, 5.41) is 0. The van der Waals surface area contributed by atoms with Gasteiger partial charge >= 0.3 is 0 Å². The molecule has 0 bridgehead atoms. The highest BCUT2D eigenvalue weighted by atomic mass is 16.5. The Morgan fingerprint density at radius 1 is 1.12 bits per heavy atom. The number of hydrogen-bond donors (Lipinski definition) is 0. The maximum absolute atomic E-state index is 5.38. The topological polar surface area (TPSA) is 18.5 Å². The molecule has 0 fully saturated rings. The minimum atomic E-state index is -0.0190. The van der Waals surface area contributed by atoms with Crippen molar-refractivity contribution in [2.75, 3.05) is 27.4 Å². The molecule has 0 aliphatic heterocycles. The molecule has 0 N–H and O–H groups in total. The fraction of sp³-hybridized carbons (Fsp3) is 0.429.